The molecular weight excluding hydrogens is 160 g/mol. The Bertz CT molecular complexity index is 58.7. The van der Waals surface area contributed by atoms with Gasteiger partial charge in [-0.1, -0.05) is 0 Å². The van der Waals surface area contributed by atoms with Crippen LogP contribution in [0.4, 0.5) is 0 Å². The van der Waals surface area contributed by atoms with Gasteiger partial charge in [-0.05, 0) is 0 Å². The second-order valence-corrected chi connectivity index (χ2v) is 6.31. The second kappa shape index (κ2) is 4.24. The third-order valence-electron chi connectivity index (χ3n) is 1.25. The van der Waals surface area contributed by atoms with Crippen molar-refractivity contribution in [2.24, 2.45) is 0 Å². The molecule has 0 aromatic carbocycles. The van der Waals surface area contributed by atoms with Crippen LogP contribution in [0.5, 0.6) is 0 Å². The summed E-state index contributed by atoms with van der Waals surface area (Å²) < 4.78 is 4.89. The molecule has 0 saturated heterocycles. The summed E-state index contributed by atoms with van der Waals surface area (Å²) in [6.45, 7) is 0. The topological polar surface area (TPSA) is 49.7 Å². The lowest BCUT2D eigenvalue weighted by molar-refractivity contribution is 0.257. The van der Waals surface area contributed by atoms with Gasteiger partial charge in [-0.25, -0.2) is 0 Å². The molecule has 0 aromatic rings. The van der Waals surface area contributed by atoms with Gasteiger partial charge in [0.2, 0.25) is 0 Å². The SMILES string of the molecule is CO[Si](CO)(CO)CCl. The minimum atomic E-state index is -2.31. The first kappa shape index (κ1) is 9.39. The smallest absolute Gasteiger partial charge is 0.256 e. The summed E-state index contributed by atoms with van der Waals surface area (Å²) in [6, 6.07) is 0. The molecule has 0 rings (SSSR count). The highest BCUT2D eigenvalue weighted by atomic mass is 35.5. The number of alkyl halides is 1. The van der Waals surface area contributed by atoms with Crippen LogP contribution in [0.2, 0.25) is 0 Å². The molecule has 0 radical (unpaired) electrons. The molecule has 56 valence electrons. The third-order valence-corrected chi connectivity index (χ3v) is 5.22. The van der Waals surface area contributed by atoms with Crippen molar-refractivity contribution in [3.05, 3.63) is 0 Å². The molecule has 3 nitrogen and oxygen atoms in total. The Morgan fingerprint density at radius 2 is 1.89 bits per heavy atom. The zero-order chi connectivity index (χ0) is 7.33. The summed E-state index contributed by atoms with van der Waals surface area (Å²) in [7, 11) is -0.855. The molecule has 0 unspecified atom stereocenters. The third kappa shape index (κ3) is 2.23. The molecule has 0 atom stereocenters. The Kier molecular flexibility index (Phi) is 4.42. The van der Waals surface area contributed by atoms with Gasteiger partial charge in [0.05, 0.1) is 12.5 Å². The molecule has 0 spiro atoms. The van der Waals surface area contributed by atoms with E-state index in [0.717, 1.165) is 0 Å². The molecule has 0 saturated carbocycles. The van der Waals surface area contributed by atoms with Crippen molar-refractivity contribution in [3.8, 4) is 0 Å². The molecule has 0 aromatic heterocycles. The van der Waals surface area contributed by atoms with Crippen LogP contribution in [0, 0.1) is 0 Å². The fourth-order valence-electron chi connectivity index (χ4n) is 0.318. The molecule has 0 aliphatic heterocycles. The standard InChI is InChI=1S/C4H11ClO3Si/c1-8-9(2-5,3-6)4-7/h6-7H,2-4H2,1H3. The van der Waals surface area contributed by atoms with E-state index in [2.05, 4.69) is 0 Å². The molecule has 0 bridgehead atoms. The van der Waals surface area contributed by atoms with Crippen molar-refractivity contribution in [3.63, 3.8) is 0 Å². The van der Waals surface area contributed by atoms with Gasteiger partial charge in [0.1, 0.15) is 0 Å². The first-order valence-corrected chi connectivity index (χ1v) is 5.64. The number of hydrogen-bond acceptors (Lipinski definition) is 3. The summed E-state index contributed by atoms with van der Waals surface area (Å²) in [4.78, 5) is 0. The highest BCUT2D eigenvalue weighted by molar-refractivity contribution is 6.79. The van der Waals surface area contributed by atoms with E-state index in [0.29, 0.717) is 0 Å². The van der Waals surface area contributed by atoms with Crippen LogP contribution in [0.15, 0.2) is 0 Å². The van der Waals surface area contributed by atoms with Crippen LogP contribution < -0.4 is 0 Å². The van der Waals surface area contributed by atoms with Gasteiger partial charge in [0.25, 0.3) is 8.32 Å². The monoisotopic (exact) mass is 170 g/mol. The average molecular weight is 171 g/mol. The minimum Gasteiger partial charge on any atom is -0.414 e. The van der Waals surface area contributed by atoms with Gasteiger partial charge in [-0.2, -0.15) is 0 Å². The summed E-state index contributed by atoms with van der Waals surface area (Å²) >= 11 is 5.44. The number of halogens is 1. The maximum absolute atomic E-state index is 8.67. The zero-order valence-electron chi connectivity index (χ0n) is 5.30. The van der Waals surface area contributed by atoms with Crippen LogP contribution in [0.1, 0.15) is 0 Å². The lowest BCUT2D eigenvalue weighted by Crippen LogP contribution is -2.49. The number of rotatable bonds is 4. The fourth-order valence-corrected chi connectivity index (χ4v) is 1.79. The normalized spacial score (nSPS) is 12.0. The van der Waals surface area contributed by atoms with E-state index in [9.17, 15) is 0 Å². The van der Waals surface area contributed by atoms with E-state index in [-0.39, 0.29) is 18.0 Å². The van der Waals surface area contributed by atoms with Crippen molar-refractivity contribution in [2.75, 3.05) is 25.1 Å². The van der Waals surface area contributed by atoms with Crippen molar-refractivity contribution in [2.45, 2.75) is 0 Å². The van der Waals surface area contributed by atoms with Crippen LogP contribution in [-0.2, 0) is 4.43 Å². The molecule has 2 N–H and O–H groups in total. The van der Waals surface area contributed by atoms with E-state index in [4.69, 9.17) is 26.2 Å². The molecular formula is C4H11ClO3Si. The number of aliphatic hydroxyl groups is 2. The predicted octanol–water partition coefficient (Wildman–Crippen LogP) is -0.581. The molecule has 0 fully saturated rings. The highest BCUT2D eigenvalue weighted by Crippen LogP contribution is 2.03. The summed E-state index contributed by atoms with van der Waals surface area (Å²) in [5.41, 5.74) is 0.233. The Morgan fingerprint density at radius 1 is 1.44 bits per heavy atom. The number of aliphatic hydroxyl groups excluding tert-OH is 2. The average Bonchev–Trinajstić information content (AvgIpc) is 1.95. The van der Waals surface area contributed by atoms with Gasteiger partial charge >= 0.3 is 0 Å². The van der Waals surface area contributed by atoms with E-state index in [1.54, 1.807) is 0 Å². The van der Waals surface area contributed by atoms with Crippen LogP contribution >= 0.6 is 11.6 Å². The molecule has 0 amide bonds. The first-order chi connectivity index (χ1) is 4.24. The van der Waals surface area contributed by atoms with Gasteiger partial charge in [0, 0.05) is 12.6 Å². The fraction of sp³-hybridized carbons (Fsp3) is 1.00. The van der Waals surface area contributed by atoms with E-state index in [1.165, 1.54) is 7.11 Å². The molecule has 9 heavy (non-hydrogen) atoms. The molecule has 5 heteroatoms. The quantitative estimate of drug-likeness (QED) is 0.439. The minimum absolute atomic E-state index is 0.122. The van der Waals surface area contributed by atoms with E-state index in [1.807, 2.05) is 0 Å². The maximum Gasteiger partial charge on any atom is 0.256 e. The van der Waals surface area contributed by atoms with Crippen molar-refractivity contribution < 1.29 is 14.6 Å². The van der Waals surface area contributed by atoms with E-state index >= 15 is 0 Å². The summed E-state index contributed by atoms with van der Waals surface area (Å²) in [6.07, 6.45) is -0.243. The lowest BCUT2D eigenvalue weighted by Gasteiger charge is -2.21. The molecule has 0 heterocycles. The zero-order valence-corrected chi connectivity index (χ0v) is 7.06. The van der Waals surface area contributed by atoms with Crippen molar-refractivity contribution in [1.29, 1.82) is 0 Å². The lowest BCUT2D eigenvalue weighted by atomic mass is 11.6. The summed E-state index contributed by atoms with van der Waals surface area (Å²) in [5.74, 6) is 0. The molecule has 0 aliphatic carbocycles. The van der Waals surface area contributed by atoms with Crippen molar-refractivity contribution in [1.82, 2.24) is 0 Å². The molecule has 0 aliphatic rings. The van der Waals surface area contributed by atoms with Gasteiger partial charge in [-0.3, -0.25) is 0 Å². The van der Waals surface area contributed by atoms with Gasteiger partial charge in [0.15, 0.2) is 0 Å². The Labute approximate surface area is 60.3 Å². The van der Waals surface area contributed by atoms with Crippen LogP contribution in [0.25, 0.3) is 0 Å². The van der Waals surface area contributed by atoms with Gasteiger partial charge in [-0.15, -0.1) is 11.6 Å². The van der Waals surface area contributed by atoms with Crippen LogP contribution in [-0.4, -0.2) is 43.6 Å². The highest BCUT2D eigenvalue weighted by Gasteiger charge is 2.31. The number of hydrogen-bond donors (Lipinski definition) is 2. The Hall–Kier alpha value is 0.387. The van der Waals surface area contributed by atoms with E-state index < -0.39 is 8.32 Å². The maximum atomic E-state index is 8.67. The predicted molar refractivity (Wildman–Crippen MR) is 37.7 cm³/mol. The summed E-state index contributed by atoms with van der Waals surface area (Å²) in [5, 5.41) is 17.3. The Morgan fingerprint density at radius 3 is 1.89 bits per heavy atom. The van der Waals surface area contributed by atoms with Gasteiger partial charge < -0.3 is 14.6 Å². The Balaban J connectivity index is 3.82. The largest absolute Gasteiger partial charge is 0.414 e. The van der Waals surface area contributed by atoms with Crippen molar-refractivity contribution >= 4 is 19.9 Å². The second-order valence-electron chi connectivity index (χ2n) is 1.84. The van der Waals surface area contributed by atoms with Crippen LogP contribution in [0.3, 0.4) is 0 Å². The first-order valence-electron chi connectivity index (χ1n) is 2.57.